The molecule has 0 rings (SSSR count). The normalized spacial score (nSPS) is 11.6. The predicted octanol–water partition coefficient (Wildman–Crippen LogP) is 6.69. The highest BCUT2D eigenvalue weighted by Crippen LogP contribution is 2.13. The van der Waals surface area contributed by atoms with E-state index in [1.54, 1.807) is 6.20 Å². The molecule has 0 aromatic carbocycles. The van der Waals surface area contributed by atoms with E-state index in [0.717, 1.165) is 6.42 Å². The van der Waals surface area contributed by atoms with E-state index in [1.165, 1.54) is 102 Å². The van der Waals surface area contributed by atoms with Gasteiger partial charge >= 0.3 is 0 Å². The molecule has 0 aliphatic carbocycles. The van der Waals surface area contributed by atoms with E-state index in [1.807, 2.05) is 0 Å². The number of nitrogens with zero attached hydrogens (tertiary/aromatic N) is 1. The second-order valence-corrected chi connectivity index (χ2v) is 8.23. The molecule has 0 aliphatic heterocycles. The zero-order chi connectivity index (χ0) is 22.0. The Hall–Kier alpha value is -0.620. The van der Waals surface area contributed by atoms with Crippen molar-refractivity contribution in [2.45, 2.75) is 122 Å². The van der Waals surface area contributed by atoms with Gasteiger partial charge in [0.15, 0.2) is 0 Å². The van der Waals surface area contributed by atoms with Crippen molar-refractivity contribution in [3.8, 4) is 0 Å². The molecular weight excluding hydrogens is 378 g/mol. The smallest absolute Gasteiger partial charge is 0.0797 e. The first-order valence-electron chi connectivity index (χ1n) is 12.8. The standard InChI is InChI=1S/C25H51NO4/c1-2-3-4-5-6-7-8-9-10-11-12-13-14-15-16-17-18-21-26(29-24-19-22-27)30-25-20-23-28/h18,21,27-28H,2-17,19-20,22-25H2,1H3. The van der Waals surface area contributed by atoms with Crippen molar-refractivity contribution in [3.63, 3.8) is 0 Å². The van der Waals surface area contributed by atoms with Gasteiger partial charge in [0, 0.05) is 13.2 Å². The predicted molar refractivity (Wildman–Crippen MR) is 126 cm³/mol. The van der Waals surface area contributed by atoms with Crippen molar-refractivity contribution in [2.75, 3.05) is 26.4 Å². The maximum atomic E-state index is 8.83. The molecule has 2 N–H and O–H groups in total. The third kappa shape index (κ3) is 23.7. The summed E-state index contributed by atoms with van der Waals surface area (Å²) >= 11 is 0. The summed E-state index contributed by atoms with van der Waals surface area (Å²) in [5, 5.41) is 19.0. The first-order chi connectivity index (χ1) is 14.8. The SMILES string of the molecule is CCCCCCCCCCCCCCCCCC=CN(OCCCO)OCCCO. The number of unbranched alkanes of at least 4 members (excludes halogenated alkanes) is 15. The molecule has 0 atom stereocenters. The van der Waals surface area contributed by atoms with E-state index in [2.05, 4.69) is 13.0 Å². The highest BCUT2D eigenvalue weighted by molar-refractivity contribution is 4.76. The molecule has 30 heavy (non-hydrogen) atoms. The molecule has 0 radical (unpaired) electrons. The van der Waals surface area contributed by atoms with Crippen molar-refractivity contribution >= 4 is 0 Å². The largest absolute Gasteiger partial charge is 0.396 e. The third-order valence-corrected chi connectivity index (χ3v) is 5.24. The summed E-state index contributed by atoms with van der Waals surface area (Å²) in [7, 11) is 0. The van der Waals surface area contributed by atoms with Crippen LogP contribution in [0.2, 0.25) is 0 Å². The van der Waals surface area contributed by atoms with Crippen LogP contribution in [0.15, 0.2) is 12.3 Å². The molecule has 0 saturated carbocycles. The molecule has 0 amide bonds. The lowest BCUT2D eigenvalue weighted by atomic mass is 10.0. The number of allylic oxidation sites excluding steroid dienone is 1. The fourth-order valence-electron chi connectivity index (χ4n) is 3.36. The zero-order valence-corrected chi connectivity index (χ0v) is 19.9. The fourth-order valence-corrected chi connectivity index (χ4v) is 3.36. The van der Waals surface area contributed by atoms with Crippen LogP contribution >= 0.6 is 0 Å². The van der Waals surface area contributed by atoms with Crippen LogP contribution in [0.3, 0.4) is 0 Å². The second kappa shape index (κ2) is 26.4. The average Bonchev–Trinajstić information content (AvgIpc) is 2.75. The summed E-state index contributed by atoms with van der Waals surface area (Å²) in [5.74, 6) is 0. The molecule has 180 valence electrons. The van der Waals surface area contributed by atoms with Crippen molar-refractivity contribution < 1.29 is 19.9 Å². The Morgan fingerprint density at radius 3 is 1.37 bits per heavy atom. The first-order valence-corrected chi connectivity index (χ1v) is 12.8. The second-order valence-electron chi connectivity index (χ2n) is 8.23. The maximum Gasteiger partial charge on any atom is 0.0797 e. The van der Waals surface area contributed by atoms with Crippen LogP contribution in [0.4, 0.5) is 0 Å². The molecule has 0 unspecified atom stereocenters. The Labute approximate surface area is 186 Å². The van der Waals surface area contributed by atoms with Crippen LogP contribution in [0.5, 0.6) is 0 Å². The lowest BCUT2D eigenvalue weighted by molar-refractivity contribution is -0.337. The number of hydroxylamine groups is 2. The van der Waals surface area contributed by atoms with Crippen LogP contribution in [0.1, 0.15) is 122 Å². The van der Waals surface area contributed by atoms with Crippen LogP contribution in [-0.2, 0) is 9.68 Å². The van der Waals surface area contributed by atoms with Gasteiger partial charge in [-0.3, -0.25) is 0 Å². The van der Waals surface area contributed by atoms with Crippen LogP contribution in [0, 0.1) is 0 Å². The third-order valence-electron chi connectivity index (χ3n) is 5.24. The number of aliphatic hydroxyl groups excluding tert-OH is 2. The lowest BCUT2D eigenvalue weighted by Gasteiger charge is -2.18. The van der Waals surface area contributed by atoms with Gasteiger partial charge in [0.2, 0.25) is 0 Å². The molecule has 0 aromatic heterocycles. The van der Waals surface area contributed by atoms with Crippen LogP contribution in [0.25, 0.3) is 0 Å². The summed E-state index contributed by atoms with van der Waals surface area (Å²) in [6.07, 6.45) is 26.8. The molecule has 0 heterocycles. The summed E-state index contributed by atoms with van der Waals surface area (Å²) < 4.78 is 0. The average molecular weight is 430 g/mol. The van der Waals surface area contributed by atoms with Gasteiger partial charge < -0.3 is 10.2 Å². The summed E-state index contributed by atoms with van der Waals surface area (Å²) in [6.45, 7) is 3.32. The maximum absolute atomic E-state index is 8.83. The minimum Gasteiger partial charge on any atom is -0.396 e. The molecule has 5 nitrogen and oxygen atoms in total. The summed E-state index contributed by atoms with van der Waals surface area (Å²) in [5.41, 5.74) is 0. The number of rotatable bonds is 25. The van der Waals surface area contributed by atoms with Crippen molar-refractivity contribution in [3.05, 3.63) is 12.3 Å². The molecular formula is C25H51NO4. The van der Waals surface area contributed by atoms with E-state index in [4.69, 9.17) is 19.9 Å². The van der Waals surface area contributed by atoms with E-state index < -0.39 is 0 Å². The monoisotopic (exact) mass is 429 g/mol. The highest BCUT2D eigenvalue weighted by Gasteiger charge is 2.00. The van der Waals surface area contributed by atoms with Crippen molar-refractivity contribution in [1.29, 1.82) is 0 Å². The van der Waals surface area contributed by atoms with Crippen molar-refractivity contribution in [1.82, 2.24) is 5.23 Å². The highest BCUT2D eigenvalue weighted by atomic mass is 16.9. The number of aliphatic hydroxyl groups is 2. The minimum absolute atomic E-state index is 0.104. The Bertz CT molecular complexity index is 329. The fraction of sp³-hybridized carbons (Fsp3) is 0.920. The topological polar surface area (TPSA) is 62.2 Å². The number of hydrogen-bond acceptors (Lipinski definition) is 5. The zero-order valence-electron chi connectivity index (χ0n) is 19.9. The molecule has 5 heteroatoms. The van der Waals surface area contributed by atoms with Gasteiger partial charge in [-0.25, -0.2) is 9.68 Å². The molecule has 0 fully saturated rings. The molecule has 0 aromatic rings. The van der Waals surface area contributed by atoms with E-state index in [0.29, 0.717) is 26.1 Å². The van der Waals surface area contributed by atoms with Crippen LogP contribution in [-0.4, -0.2) is 41.9 Å². The molecule has 0 spiro atoms. The van der Waals surface area contributed by atoms with E-state index >= 15 is 0 Å². The lowest BCUT2D eigenvalue weighted by Crippen LogP contribution is -2.20. The Morgan fingerprint density at radius 1 is 0.567 bits per heavy atom. The van der Waals surface area contributed by atoms with Gasteiger partial charge in [0.25, 0.3) is 0 Å². The number of hydrogen-bond donors (Lipinski definition) is 2. The van der Waals surface area contributed by atoms with E-state index in [9.17, 15) is 0 Å². The quantitative estimate of drug-likeness (QED) is 0.125. The van der Waals surface area contributed by atoms with Crippen molar-refractivity contribution in [2.24, 2.45) is 0 Å². The Kier molecular flexibility index (Phi) is 25.9. The Balaban J connectivity index is 3.44. The van der Waals surface area contributed by atoms with Gasteiger partial charge in [0.1, 0.15) is 0 Å². The summed E-state index contributed by atoms with van der Waals surface area (Å²) in [6, 6.07) is 0. The van der Waals surface area contributed by atoms with E-state index in [-0.39, 0.29) is 13.2 Å². The first kappa shape index (κ1) is 29.4. The minimum atomic E-state index is 0.104. The van der Waals surface area contributed by atoms with Gasteiger partial charge in [-0.2, -0.15) is 0 Å². The Morgan fingerprint density at radius 2 is 0.967 bits per heavy atom. The molecule has 0 saturated heterocycles. The van der Waals surface area contributed by atoms with Gasteiger partial charge in [-0.1, -0.05) is 103 Å². The van der Waals surface area contributed by atoms with Gasteiger partial charge in [-0.05, 0) is 25.7 Å². The van der Waals surface area contributed by atoms with Gasteiger partial charge in [-0.15, -0.1) is 5.23 Å². The molecule has 0 aliphatic rings. The molecule has 0 bridgehead atoms. The summed E-state index contributed by atoms with van der Waals surface area (Å²) in [4.78, 5) is 10.9. The van der Waals surface area contributed by atoms with Crippen LogP contribution < -0.4 is 0 Å². The van der Waals surface area contributed by atoms with Gasteiger partial charge in [0.05, 0.1) is 19.4 Å².